The SMILES string of the molecule is COc1ccc([N+](=O)[O-])cc1OCC(=O)NCCOc1ccccc1. The third kappa shape index (κ3) is 5.69. The van der Waals surface area contributed by atoms with Crippen LogP contribution in [0.1, 0.15) is 0 Å². The summed E-state index contributed by atoms with van der Waals surface area (Å²) in [7, 11) is 1.41. The maximum absolute atomic E-state index is 11.8. The number of non-ortho nitro benzene ring substituents is 1. The molecular formula is C17H18N2O6. The highest BCUT2D eigenvalue weighted by molar-refractivity contribution is 5.77. The fourth-order valence-corrected chi connectivity index (χ4v) is 1.96. The van der Waals surface area contributed by atoms with E-state index >= 15 is 0 Å². The van der Waals surface area contributed by atoms with Gasteiger partial charge in [-0.05, 0) is 18.2 Å². The summed E-state index contributed by atoms with van der Waals surface area (Å²) in [5.41, 5.74) is -0.146. The highest BCUT2D eigenvalue weighted by Crippen LogP contribution is 2.30. The van der Waals surface area contributed by atoms with Crippen LogP contribution >= 0.6 is 0 Å². The van der Waals surface area contributed by atoms with Crippen molar-refractivity contribution in [3.63, 3.8) is 0 Å². The van der Waals surface area contributed by atoms with E-state index in [0.29, 0.717) is 24.7 Å². The Morgan fingerprint density at radius 2 is 1.88 bits per heavy atom. The average Bonchev–Trinajstić information content (AvgIpc) is 2.64. The molecule has 0 radical (unpaired) electrons. The molecule has 1 N–H and O–H groups in total. The molecule has 0 heterocycles. The molecular weight excluding hydrogens is 328 g/mol. The van der Waals surface area contributed by atoms with Crippen LogP contribution in [0.2, 0.25) is 0 Å². The summed E-state index contributed by atoms with van der Waals surface area (Å²) in [6, 6.07) is 13.2. The number of para-hydroxylation sites is 1. The van der Waals surface area contributed by atoms with Crippen LogP contribution in [-0.2, 0) is 4.79 Å². The van der Waals surface area contributed by atoms with E-state index in [9.17, 15) is 14.9 Å². The van der Waals surface area contributed by atoms with Crippen molar-refractivity contribution in [3.8, 4) is 17.2 Å². The van der Waals surface area contributed by atoms with Crippen molar-refractivity contribution in [2.75, 3.05) is 26.9 Å². The van der Waals surface area contributed by atoms with Gasteiger partial charge in [0.15, 0.2) is 18.1 Å². The molecule has 0 fully saturated rings. The molecule has 0 saturated heterocycles. The minimum atomic E-state index is -0.548. The lowest BCUT2D eigenvalue weighted by molar-refractivity contribution is -0.385. The maximum Gasteiger partial charge on any atom is 0.273 e. The first kappa shape index (κ1) is 18.1. The Morgan fingerprint density at radius 1 is 1.12 bits per heavy atom. The van der Waals surface area contributed by atoms with Gasteiger partial charge in [0.2, 0.25) is 0 Å². The molecule has 25 heavy (non-hydrogen) atoms. The molecule has 1 amide bonds. The Balaban J connectivity index is 1.77. The van der Waals surface area contributed by atoms with Crippen molar-refractivity contribution in [1.29, 1.82) is 0 Å². The van der Waals surface area contributed by atoms with Gasteiger partial charge in [-0.25, -0.2) is 0 Å². The van der Waals surface area contributed by atoms with Crippen molar-refractivity contribution < 1.29 is 23.9 Å². The Hall–Kier alpha value is -3.29. The van der Waals surface area contributed by atoms with Crippen LogP contribution in [0.5, 0.6) is 17.2 Å². The molecule has 0 unspecified atom stereocenters. The van der Waals surface area contributed by atoms with Crippen LogP contribution in [0.15, 0.2) is 48.5 Å². The lowest BCUT2D eigenvalue weighted by Crippen LogP contribution is -2.32. The van der Waals surface area contributed by atoms with Crippen molar-refractivity contribution in [2.24, 2.45) is 0 Å². The highest BCUT2D eigenvalue weighted by atomic mass is 16.6. The molecule has 8 heteroatoms. The van der Waals surface area contributed by atoms with Crippen LogP contribution in [-0.4, -0.2) is 37.7 Å². The number of nitro groups is 1. The molecule has 0 bridgehead atoms. The van der Waals surface area contributed by atoms with Gasteiger partial charge >= 0.3 is 0 Å². The summed E-state index contributed by atoms with van der Waals surface area (Å²) in [5, 5.41) is 13.4. The van der Waals surface area contributed by atoms with Crippen molar-refractivity contribution >= 4 is 11.6 Å². The second-order valence-electron chi connectivity index (χ2n) is 4.89. The lowest BCUT2D eigenvalue weighted by atomic mass is 10.3. The molecule has 132 valence electrons. The summed E-state index contributed by atoms with van der Waals surface area (Å²) >= 11 is 0. The van der Waals surface area contributed by atoms with Gasteiger partial charge in [-0.3, -0.25) is 14.9 Å². The smallest absolute Gasteiger partial charge is 0.273 e. The number of benzene rings is 2. The maximum atomic E-state index is 11.8. The summed E-state index contributed by atoms with van der Waals surface area (Å²) in [4.78, 5) is 22.0. The predicted molar refractivity (Wildman–Crippen MR) is 90.1 cm³/mol. The Kier molecular flexibility index (Phi) is 6.58. The topological polar surface area (TPSA) is 99.9 Å². The number of nitrogens with one attached hydrogen (secondary N) is 1. The van der Waals surface area contributed by atoms with Gasteiger partial charge in [-0.2, -0.15) is 0 Å². The highest BCUT2D eigenvalue weighted by Gasteiger charge is 2.13. The van der Waals surface area contributed by atoms with E-state index < -0.39 is 4.92 Å². The molecule has 0 atom stereocenters. The minimum Gasteiger partial charge on any atom is -0.493 e. The summed E-state index contributed by atoms with van der Waals surface area (Å²) in [6.45, 7) is 0.335. The molecule has 0 aliphatic carbocycles. The Bertz CT molecular complexity index is 720. The predicted octanol–water partition coefficient (Wildman–Crippen LogP) is 2.18. The number of hydrogen-bond donors (Lipinski definition) is 1. The zero-order valence-electron chi connectivity index (χ0n) is 13.6. The van der Waals surface area contributed by atoms with E-state index in [1.807, 2.05) is 30.3 Å². The van der Waals surface area contributed by atoms with E-state index in [1.54, 1.807) is 0 Å². The molecule has 0 spiro atoms. The van der Waals surface area contributed by atoms with Gasteiger partial charge in [-0.15, -0.1) is 0 Å². The summed E-state index contributed by atoms with van der Waals surface area (Å²) in [5.74, 6) is 0.790. The third-order valence-electron chi connectivity index (χ3n) is 3.15. The number of methoxy groups -OCH3 is 1. The molecule has 0 aromatic heterocycles. The van der Waals surface area contributed by atoms with E-state index in [4.69, 9.17) is 14.2 Å². The molecule has 2 rings (SSSR count). The Morgan fingerprint density at radius 3 is 2.56 bits per heavy atom. The average molecular weight is 346 g/mol. The molecule has 2 aromatic carbocycles. The number of carbonyl (C=O) groups excluding carboxylic acids is 1. The van der Waals surface area contributed by atoms with Gasteiger partial charge in [-0.1, -0.05) is 18.2 Å². The van der Waals surface area contributed by atoms with Crippen molar-refractivity contribution in [1.82, 2.24) is 5.32 Å². The van der Waals surface area contributed by atoms with Crippen LogP contribution in [0.25, 0.3) is 0 Å². The largest absolute Gasteiger partial charge is 0.493 e. The van der Waals surface area contributed by atoms with Crippen LogP contribution in [0.3, 0.4) is 0 Å². The van der Waals surface area contributed by atoms with E-state index in [-0.39, 0.29) is 24.0 Å². The normalized spacial score (nSPS) is 9.96. The zero-order chi connectivity index (χ0) is 18.1. The number of amides is 1. The molecule has 0 aliphatic heterocycles. The lowest BCUT2D eigenvalue weighted by Gasteiger charge is -2.11. The minimum absolute atomic E-state index is 0.132. The van der Waals surface area contributed by atoms with Gasteiger partial charge in [0.05, 0.1) is 24.6 Å². The van der Waals surface area contributed by atoms with Crippen molar-refractivity contribution in [2.45, 2.75) is 0 Å². The molecule has 0 saturated carbocycles. The number of nitro benzene ring substituents is 1. The Labute approximate surface area is 144 Å². The fourth-order valence-electron chi connectivity index (χ4n) is 1.96. The van der Waals surface area contributed by atoms with Gasteiger partial charge in [0.1, 0.15) is 12.4 Å². The van der Waals surface area contributed by atoms with Crippen LogP contribution < -0.4 is 19.5 Å². The van der Waals surface area contributed by atoms with Crippen LogP contribution in [0, 0.1) is 10.1 Å². The first-order chi connectivity index (χ1) is 12.1. The van der Waals surface area contributed by atoms with E-state index in [2.05, 4.69) is 5.32 Å². The number of ether oxygens (including phenoxy) is 3. The van der Waals surface area contributed by atoms with Crippen LogP contribution in [0.4, 0.5) is 5.69 Å². The number of carbonyl (C=O) groups is 1. The third-order valence-corrected chi connectivity index (χ3v) is 3.15. The van der Waals surface area contributed by atoms with Crippen molar-refractivity contribution in [3.05, 3.63) is 58.6 Å². The summed E-state index contributed by atoms with van der Waals surface area (Å²) in [6.07, 6.45) is 0. The van der Waals surface area contributed by atoms with Gasteiger partial charge < -0.3 is 19.5 Å². The quantitative estimate of drug-likeness (QED) is 0.424. The van der Waals surface area contributed by atoms with E-state index in [0.717, 1.165) is 0 Å². The molecule has 2 aromatic rings. The monoisotopic (exact) mass is 346 g/mol. The number of nitrogens with zero attached hydrogens (tertiary/aromatic N) is 1. The molecule has 8 nitrogen and oxygen atoms in total. The number of hydrogen-bond acceptors (Lipinski definition) is 6. The standard InChI is InChI=1S/C17H18N2O6/c1-23-15-8-7-13(19(21)22)11-16(15)25-12-17(20)18-9-10-24-14-5-3-2-4-6-14/h2-8,11H,9-10,12H2,1H3,(H,18,20). The number of rotatable bonds is 9. The van der Waals surface area contributed by atoms with E-state index in [1.165, 1.54) is 25.3 Å². The van der Waals surface area contributed by atoms with Gasteiger partial charge in [0.25, 0.3) is 11.6 Å². The molecule has 0 aliphatic rings. The second-order valence-corrected chi connectivity index (χ2v) is 4.89. The fraction of sp³-hybridized carbons (Fsp3) is 0.235. The first-order valence-electron chi connectivity index (χ1n) is 7.50. The first-order valence-corrected chi connectivity index (χ1v) is 7.50. The second kappa shape index (κ2) is 9.11. The summed E-state index contributed by atoms with van der Waals surface area (Å²) < 4.78 is 15.8. The zero-order valence-corrected chi connectivity index (χ0v) is 13.6. The van der Waals surface area contributed by atoms with Gasteiger partial charge in [0, 0.05) is 6.07 Å².